The van der Waals surface area contributed by atoms with Gasteiger partial charge in [-0.3, -0.25) is 14.6 Å². The molecule has 21 heavy (non-hydrogen) atoms. The maximum absolute atomic E-state index is 12.1. The van der Waals surface area contributed by atoms with E-state index in [0.717, 1.165) is 11.4 Å². The molecule has 1 aliphatic heterocycles. The fourth-order valence-electron chi connectivity index (χ4n) is 2.12. The van der Waals surface area contributed by atoms with Crippen molar-refractivity contribution in [1.82, 2.24) is 20.6 Å². The standard InChI is InChI=1S/C14H14N4O2S/c1-8-3-2-4-10(17-8)14-16-7-11(21-14)13(20)18-9-5-6-15-12(9)19/h2-4,7,9H,5-6H2,1H3,(H,15,19)(H,18,20)/t9-/m0/s1. The van der Waals surface area contributed by atoms with Crippen molar-refractivity contribution in [3.63, 3.8) is 0 Å². The molecule has 108 valence electrons. The van der Waals surface area contributed by atoms with Crippen LogP contribution >= 0.6 is 11.3 Å². The zero-order valence-electron chi connectivity index (χ0n) is 11.4. The molecular formula is C14H14N4O2S. The van der Waals surface area contributed by atoms with Gasteiger partial charge in [-0.15, -0.1) is 11.3 Å². The third-order valence-electron chi connectivity index (χ3n) is 3.19. The summed E-state index contributed by atoms with van der Waals surface area (Å²) in [4.78, 5) is 32.7. The molecule has 1 saturated heterocycles. The van der Waals surface area contributed by atoms with Crippen molar-refractivity contribution in [3.05, 3.63) is 35.0 Å². The van der Waals surface area contributed by atoms with Gasteiger partial charge in [0.1, 0.15) is 15.9 Å². The second kappa shape index (κ2) is 5.61. The summed E-state index contributed by atoms with van der Waals surface area (Å²) in [5.41, 5.74) is 1.65. The van der Waals surface area contributed by atoms with Crippen molar-refractivity contribution in [3.8, 4) is 10.7 Å². The van der Waals surface area contributed by atoms with Crippen molar-refractivity contribution >= 4 is 23.2 Å². The van der Waals surface area contributed by atoms with Gasteiger partial charge < -0.3 is 10.6 Å². The smallest absolute Gasteiger partial charge is 0.263 e. The van der Waals surface area contributed by atoms with Crippen LogP contribution in [0.2, 0.25) is 0 Å². The van der Waals surface area contributed by atoms with E-state index in [0.29, 0.717) is 22.9 Å². The molecule has 6 nitrogen and oxygen atoms in total. The number of hydrogen-bond acceptors (Lipinski definition) is 5. The van der Waals surface area contributed by atoms with Crippen molar-refractivity contribution in [2.45, 2.75) is 19.4 Å². The van der Waals surface area contributed by atoms with Crippen LogP contribution in [0.25, 0.3) is 10.7 Å². The topological polar surface area (TPSA) is 84.0 Å². The lowest BCUT2D eigenvalue weighted by atomic mass is 10.2. The van der Waals surface area contributed by atoms with Gasteiger partial charge in [-0.2, -0.15) is 0 Å². The maximum Gasteiger partial charge on any atom is 0.263 e. The summed E-state index contributed by atoms with van der Waals surface area (Å²) in [6.07, 6.45) is 2.14. The zero-order chi connectivity index (χ0) is 14.8. The molecule has 0 saturated carbocycles. The molecule has 3 heterocycles. The van der Waals surface area contributed by atoms with Gasteiger partial charge in [-0.05, 0) is 25.5 Å². The van der Waals surface area contributed by atoms with Crippen molar-refractivity contribution < 1.29 is 9.59 Å². The number of carbonyl (C=O) groups excluding carboxylic acids is 2. The van der Waals surface area contributed by atoms with E-state index in [1.165, 1.54) is 17.5 Å². The van der Waals surface area contributed by atoms with Crippen LogP contribution in [0.3, 0.4) is 0 Å². The van der Waals surface area contributed by atoms with Gasteiger partial charge in [0.25, 0.3) is 5.91 Å². The number of pyridine rings is 1. The molecule has 2 aromatic heterocycles. The SMILES string of the molecule is Cc1cccc(-c2ncc(C(=O)N[C@H]3CCNC3=O)s2)n1. The number of nitrogens with zero attached hydrogens (tertiary/aromatic N) is 2. The second-order valence-electron chi connectivity index (χ2n) is 4.80. The first kappa shape index (κ1) is 13.7. The predicted molar refractivity (Wildman–Crippen MR) is 79.0 cm³/mol. The highest BCUT2D eigenvalue weighted by Gasteiger charge is 2.26. The monoisotopic (exact) mass is 302 g/mol. The fourth-order valence-corrected chi connectivity index (χ4v) is 2.91. The number of carbonyl (C=O) groups is 2. The lowest BCUT2D eigenvalue weighted by molar-refractivity contribution is -0.120. The van der Waals surface area contributed by atoms with Crippen LogP contribution < -0.4 is 10.6 Å². The summed E-state index contributed by atoms with van der Waals surface area (Å²) < 4.78 is 0. The van der Waals surface area contributed by atoms with E-state index < -0.39 is 6.04 Å². The highest BCUT2D eigenvalue weighted by atomic mass is 32.1. The number of aryl methyl sites for hydroxylation is 1. The van der Waals surface area contributed by atoms with Gasteiger partial charge in [-0.25, -0.2) is 4.98 Å². The molecule has 0 spiro atoms. The van der Waals surface area contributed by atoms with Gasteiger partial charge in [0, 0.05) is 12.2 Å². The molecule has 1 atom stereocenters. The average molecular weight is 302 g/mol. The summed E-state index contributed by atoms with van der Waals surface area (Å²) in [5, 5.41) is 6.10. The number of hydrogen-bond donors (Lipinski definition) is 2. The lowest BCUT2D eigenvalue weighted by Gasteiger charge is -2.07. The van der Waals surface area contributed by atoms with Crippen molar-refractivity contribution in [2.24, 2.45) is 0 Å². The summed E-state index contributed by atoms with van der Waals surface area (Å²) in [6, 6.07) is 5.23. The van der Waals surface area contributed by atoms with E-state index in [-0.39, 0.29) is 11.8 Å². The first-order valence-corrected chi connectivity index (χ1v) is 7.43. The quantitative estimate of drug-likeness (QED) is 0.890. The Hall–Kier alpha value is -2.28. The third-order valence-corrected chi connectivity index (χ3v) is 4.21. The minimum atomic E-state index is -0.444. The van der Waals surface area contributed by atoms with Gasteiger partial charge in [-0.1, -0.05) is 6.07 Å². The second-order valence-corrected chi connectivity index (χ2v) is 5.83. The Balaban J connectivity index is 1.75. The Morgan fingerprint density at radius 1 is 1.48 bits per heavy atom. The normalized spacial score (nSPS) is 17.6. The van der Waals surface area contributed by atoms with Crippen LogP contribution in [0.5, 0.6) is 0 Å². The first-order chi connectivity index (χ1) is 10.1. The Labute approximate surface area is 125 Å². The number of aromatic nitrogens is 2. The molecule has 0 bridgehead atoms. The number of nitrogens with one attached hydrogen (secondary N) is 2. The van der Waals surface area contributed by atoms with E-state index >= 15 is 0 Å². The molecule has 2 N–H and O–H groups in total. The van der Waals surface area contributed by atoms with E-state index in [4.69, 9.17) is 0 Å². The van der Waals surface area contributed by atoms with E-state index in [9.17, 15) is 9.59 Å². The molecule has 2 aromatic rings. The Morgan fingerprint density at radius 3 is 3.05 bits per heavy atom. The highest BCUT2D eigenvalue weighted by molar-refractivity contribution is 7.16. The van der Waals surface area contributed by atoms with Crippen molar-refractivity contribution in [1.29, 1.82) is 0 Å². The summed E-state index contributed by atoms with van der Waals surface area (Å²) in [6.45, 7) is 2.51. The molecule has 7 heteroatoms. The number of thiazole rings is 1. The van der Waals surface area contributed by atoms with E-state index in [1.807, 2.05) is 25.1 Å². The Kier molecular flexibility index (Phi) is 3.66. The molecule has 3 rings (SSSR count). The van der Waals surface area contributed by atoms with E-state index in [2.05, 4.69) is 20.6 Å². The molecule has 1 aliphatic rings. The number of rotatable bonds is 3. The first-order valence-electron chi connectivity index (χ1n) is 6.62. The van der Waals surface area contributed by atoms with E-state index in [1.54, 1.807) is 0 Å². The molecule has 0 aliphatic carbocycles. The van der Waals surface area contributed by atoms with Gasteiger partial charge >= 0.3 is 0 Å². The summed E-state index contributed by atoms with van der Waals surface area (Å²) in [5.74, 6) is -0.401. The minimum Gasteiger partial charge on any atom is -0.354 e. The predicted octanol–water partition coefficient (Wildman–Crippen LogP) is 1.13. The van der Waals surface area contributed by atoms with Crippen LogP contribution in [0.15, 0.2) is 24.4 Å². The largest absolute Gasteiger partial charge is 0.354 e. The lowest BCUT2D eigenvalue weighted by Crippen LogP contribution is -2.39. The van der Waals surface area contributed by atoms with Gasteiger partial charge in [0.15, 0.2) is 0 Å². The zero-order valence-corrected chi connectivity index (χ0v) is 12.2. The van der Waals surface area contributed by atoms with Crippen LogP contribution in [-0.2, 0) is 4.79 Å². The molecular weight excluding hydrogens is 288 g/mol. The van der Waals surface area contributed by atoms with Crippen LogP contribution in [0.1, 0.15) is 21.8 Å². The molecule has 0 aromatic carbocycles. The van der Waals surface area contributed by atoms with Gasteiger partial charge in [0.2, 0.25) is 5.91 Å². The molecule has 2 amide bonds. The summed E-state index contributed by atoms with van der Waals surface area (Å²) >= 11 is 1.27. The molecule has 1 fully saturated rings. The minimum absolute atomic E-state index is 0.131. The van der Waals surface area contributed by atoms with Gasteiger partial charge in [0.05, 0.1) is 11.9 Å². The van der Waals surface area contributed by atoms with Crippen LogP contribution in [0.4, 0.5) is 0 Å². The van der Waals surface area contributed by atoms with Crippen LogP contribution in [0, 0.1) is 6.92 Å². The maximum atomic E-state index is 12.1. The fraction of sp³-hybridized carbons (Fsp3) is 0.286. The van der Waals surface area contributed by atoms with Crippen LogP contribution in [-0.4, -0.2) is 34.4 Å². The molecule has 0 unspecified atom stereocenters. The third kappa shape index (κ3) is 2.92. The Bertz CT molecular complexity index is 698. The average Bonchev–Trinajstić information content (AvgIpc) is 3.09. The van der Waals surface area contributed by atoms with Crippen molar-refractivity contribution in [2.75, 3.05) is 6.54 Å². The highest BCUT2D eigenvalue weighted by Crippen LogP contribution is 2.23. The Morgan fingerprint density at radius 2 is 2.33 bits per heavy atom. The molecule has 0 radical (unpaired) electrons. The number of amides is 2. The summed E-state index contributed by atoms with van der Waals surface area (Å²) in [7, 11) is 0.